The minimum Gasteiger partial charge on any atom is -0.367 e. The molecular formula is C12H18ClN3. The van der Waals surface area contributed by atoms with E-state index in [2.05, 4.69) is 22.5 Å². The molecule has 0 aliphatic carbocycles. The largest absolute Gasteiger partial charge is 0.367 e. The molecule has 1 saturated heterocycles. The first-order valence-electron chi connectivity index (χ1n) is 5.84. The molecule has 2 rings (SSSR count). The Balaban J connectivity index is 1.90. The van der Waals surface area contributed by atoms with Crippen LogP contribution in [-0.4, -0.2) is 24.1 Å². The van der Waals surface area contributed by atoms with Gasteiger partial charge in [-0.1, -0.05) is 11.6 Å². The molecule has 0 amide bonds. The SMILES string of the molecule is CC(Nc1ccc(Cl)cn1)C1CCCNC1. The molecule has 2 unspecified atom stereocenters. The number of halogens is 1. The number of hydrogen-bond donors (Lipinski definition) is 2. The molecule has 2 heterocycles. The fraction of sp³-hybridized carbons (Fsp3) is 0.583. The Morgan fingerprint density at radius 2 is 2.44 bits per heavy atom. The highest BCUT2D eigenvalue weighted by atomic mass is 35.5. The molecule has 0 saturated carbocycles. The summed E-state index contributed by atoms with van der Waals surface area (Å²) in [5.74, 6) is 1.59. The van der Waals surface area contributed by atoms with Crippen LogP contribution in [0.3, 0.4) is 0 Å². The average molecular weight is 240 g/mol. The smallest absolute Gasteiger partial charge is 0.126 e. The molecule has 1 aliphatic rings. The van der Waals surface area contributed by atoms with Gasteiger partial charge in [0.15, 0.2) is 0 Å². The maximum Gasteiger partial charge on any atom is 0.126 e. The summed E-state index contributed by atoms with van der Waals surface area (Å²) < 4.78 is 0. The minimum absolute atomic E-state index is 0.446. The van der Waals surface area contributed by atoms with Crippen LogP contribution in [0.25, 0.3) is 0 Å². The summed E-state index contributed by atoms with van der Waals surface area (Å²) >= 11 is 5.80. The number of hydrogen-bond acceptors (Lipinski definition) is 3. The van der Waals surface area contributed by atoms with Gasteiger partial charge in [-0.05, 0) is 50.9 Å². The second-order valence-electron chi connectivity index (χ2n) is 4.40. The molecule has 88 valence electrons. The van der Waals surface area contributed by atoms with Crippen molar-refractivity contribution in [3.8, 4) is 0 Å². The molecule has 0 aromatic carbocycles. The lowest BCUT2D eigenvalue weighted by atomic mass is 9.93. The van der Waals surface area contributed by atoms with Crippen molar-refractivity contribution in [2.24, 2.45) is 5.92 Å². The number of nitrogens with zero attached hydrogens (tertiary/aromatic N) is 1. The summed E-state index contributed by atoms with van der Waals surface area (Å²) in [6.45, 7) is 4.47. The van der Waals surface area contributed by atoms with Crippen LogP contribution in [0.15, 0.2) is 18.3 Å². The normalized spacial score (nSPS) is 22.8. The molecule has 1 aliphatic heterocycles. The Bertz CT molecular complexity index is 320. The lowest BCUT2D eigenvalue weighted by molar-refractivity contribution is 0.346. The zero-order valence-corrected chi connectivity index (χ0v) is 10.3. The topological polar surface area (TPSA) is 37.0 Å². The minimum atomic E-state index is 0.446. The standard InChI is InChI=1S/C12H18ClN3/c1-9(10-3-2-6-14-7-10)16-12-5-4-11(13)8-15-12/h4-5,8-10,14H,2-3,6-7H2,1H3,(H,15,16). The fourth-order valence-electron chi connectivity index (χ4n) is 2.12. The van der Waals surface area contributed by atoms with Crippen LogP contribution in [0.1, 0.15) is 19.8 Å². The van der Waals surface area contributed by atoms with E-state index < -0.39 is 0 Å². The van der Waals surface area contributed by atoms with Crippen molar-refractivity contribution in [3.05, 3.63) is 23.4 Å². The zero-order chi connectivity index (χ0) is 11.4. The van der Waals surface area contributed by atoms with Crippen molar-refractivity contribution >= 4 is 17.4 Å². The van der Waals surface area contributed by atoms with Crippen LogP contribution in [-0.2, 0) is 0 Å². The Morgan fingerprint density at radius 3 is 3.06 bits per heavy atom. The first-order valence-corrected chi connectivity index (χ1v) is 6.22. The zero-order valence-electron chi connectivity index (χ0n) is 9.54. The Morgan fingerprint density at radius 1 is 1.56 bits per heavy atom. The maximum atomic E-state index is 5.80. The number of anilines is 1. The van der Waals surface area contributed by atoms with E-state index in [1.807, 2.05) is 12.1 Å². The number of pyridine rings is 1. The molecule has 16 heavy (non-hydrogen) atoms. The predicted octanol–water partition coefficient (Wildman–Crippen LogP) is 2.53. The summed E-state index contributed by atoms with van der Waals surface area (Å²) in [5.41, 5.74) is 0. The van der Waals surface area contributed by atoms with Crippen LogP contribution in [0.4, 0.5) is 5.82 Å². The van der Waals surface area contributed by atoms with E-state index in [0.717, 1.165) is 18.9 Å². The van der Waals surface area contributed by atoms with Gasteiger partial charge in [0.2, 0.25) is 0 Å². The second-order valence-corrected chi connectivity index (χ2v) is 4.84. The van der Waals surface area contributed by atoms with E-state index in [1.165, 1.54) is 12.8 Å². The van der Waals surface area contributed by atoms with Gasteiger partial charge < -0.3 is 10.6 Å². The second kappa shape index (κ2) is 5.51. The van der Waals surface area contributed by atoms with Crippen molar-refractivity contribution in [1.82, 2.24) is 10.3 Å². The third-order valence-corrected chi connectivity index (χ3v) is 3.37. The Kier molecular flexibility index (Phi) is 4.02. The molecule has 2 N–H and O–H groups in total. The van der Waals surface area contributed by atoms with Crippen molar-refractivity contribution in [2.75, 3.05) is 18.4 Å². The average Bonchev–Trinajstić information content (AvgIpc) is 2.33. The first-order chi connectivity index (χ1) is 7.75. The van der Waals surface area contributed by atoms with Crippen molar-refractivity contribution in [1.29, 1.82) is 0 Å². The Hall–Kier alpha value is -0.800. The molecule has 0 spiro atoms. The van der Waals surface area contributed by atoms with Crippen LogP contribution >= 0.6 is 11.6 Å². The van der Waals surface area contributed by atoms with E-state index >= 15 is 0 Å². The van der Waals surface area contributed by atoms with Crippen LogP contribution in [0, 0.1) is 5.92 Å². The van der Waals surface area contributed by atoms with Crippen LogP contribution in [0.2, 0.25) is 5.02 Å². The lowest BCUT2D eigenvalue weighted by Gasteiger charge is -2.29. The molecule has 0 bridgehead atoms. The van der Waals surface area contributed by atoms with Crippen molar-refractivity contribution < 1.29 is 0 Å². The van der Waals surface area contributed by atoms with Gasteiger partial charge in [-0.3, -0.25) is 0 Å². The quantitative estimate of drug-likeness (QED) is 0.851. The van der Waals surface area contributed by atoms with E-state index in [9.17, 15) is 0 Å². The molecule has 0 radical (unpaired) electrons. The van der Waals surface area contributed by atoms with Gasteiger partial charge in [-0.25, -0.2) is 4.98 Å². The molecule has 4 heteroatoms. The van der Waals surface area contributed by atoms with Crippen molar-refractivity contribution in [3.63, 3.8) is 0 Å². The molecule has 2 atom stereocenters. The van der Waals surface area contributed by atoms with E-state index in [-0.39, 0.29) is 0 Å². The number of rotatable bonds is 3. The van der Waals surface area contributed by atoms with Crippen LogP contribution in [0.5, 0.6) is 0 Å². The fourth-order valence-corrected chi connectivity index (χ4v) is 2.23. The highest BCUT2D eigenvalue weighted by molar-refractivity contribution is 6.30. The molecule has 1 fully saturated rings. The van der Waals surface area contributed by atoms with E-state index in [4.69, 9.17) is 11.6 Å². The monoisotopic (exact) mass is 239 g/mol. The summed E-state index contributed by atoms with van der Waals surface area (Å²) in [6.07, 6.45) is 4.23. The number of aromatic nitrogens is 1. The summed E-state index contributed by atoms with van der Waals surface area (Å²) in [5, 5.41) is 7.54. The molecular weight excluding hydrogens is 222 g/mol. The van der Waals surface area contributed by atoms with Crippen molar-refractivity contribution in [2.45, 2.75) is 25.8 Å². The van der Waals surface area contributed by atoms with Gasteiger partial charge in [0.25, 0.3) is 0 Å². The van der Waals surface area contributed by atoms with Gasteiger partial charge in [0, 0.05) is 12.2 Å². The number of piperidine rings is 1. The predicted molar refractivity (Wildman–Crippen MR) is 67.9 cm³/mol. The van der Waals surface area contributed by atoms with Gasteiger partial charge in [0.1, 0.15) is 5.82 Å². The number of nitrogens with one attached hydrogen (secondary N) is 2. The van der Waals surface area contributed by atoms with Crippen LogP contribution < -0.4 is 10.6 Å². The highest BCUT2D eigenvalue weighted by Gasteiger charge is 2.19. The maximum absolute atomic E-state index is 5.80. The summed E-state index contributed by atoms with van der Waals surface area (Å²) in [6, 6.07) is 4.24. The summed E-state index contributed by atoms with van der Waals surface area (Å²) in [4.78, 5) is 4.25. The third kappa shape index (κ3) is 3.09. The highest BCUT2D eigenvalue weighted by Crippen LogP contribution is 2.18. The van der Waals surface area contributed by atoms with E-state index in [0.29, 0.717) is 17.0 Å². The molecule has 1 aromatic rings. The first kappa shape index (κ1) is 11.7. The van der Waals surface area contributed by atoms with Gasteiger partial charge in [-0.15, -0.1) is 0 Å². The third-order valence-electron chi connectivity index (χ3n) is 3.15. The van der Waals surface area contributed by atoms with E-state index in [1.54, 1.807) is 6.20 Å². The van der Waals surface area contributed by atoms with Gasteiger partial charge >= 0.3 is 0 Å². The Labute approximate surface area is 102 Å². The van der Waals surface area contributed by atoms with Gasteiger partial charge in [0.05, 0.1) is 5.02 Å². The molecule has 1 aromatic heterocycles. The lowest BCUT2D eigenvalue weighted by Crippen LogP contribution is -2.38. The molecule has 3 nitrogen and oxygen atoms in total. The van der Waals surface area contributed by atoms with Gasteiger partial charge in [-0.2, -0.15) is 0 Å². The summed E-state index contributed by atoms with van der Waals surface area (Å²) in [7, 11) is 0.